The van der Waals surface area contributed by atoms with E-state index < -0.39 is 0 Å². The fourth-order valence-corrected chi connectivity index (χ4v) is 1.89. The highest BCUT2D eigenvalue weighted by Gasteiger charge is 2.03. The zero-order valence-electron chi connectivity index (χ0n) is 10.8. The summed E-state index contributed by atoms with van der Waals surface area (Å²) in [7, 11) is 0. The predicted molar refractivity (Wildman–Crippen MR) is 75.0 cm³/mol. The second-order valence-electron chi connectivity index (χ2n) is 4.27. The SMILES string of the molecule is CCNC(=O)CNCc1cc2ccccc2[nH]c1=O. The van der Waals surface area contributed by atoms with Crippen molar-refractivity contribution in [2.45, 2.75) is 13.5 Å². The summed E-state index contributed by atoms with van der Waals surface area (Å²) < 4.78 is 0. The van der Waals surface area contributed by atoms with Crippen LogP contribution in [-0.4, -0.2) is 24.0 Å². The Morgan fingerprint density at radius 1 is 1.32 bits per heavy atom. The van der Waals surface area contributed by atoms with Gasteiger partial charge in [0.2, 0.25) is 5.91 Å². The Balaban J connectivity index is 2.06. The molecule has 1 heterocycles. The number of nitrogens with one attached hydrogen (secondary N) is 3. The first-order valence-electron chi connectivity index (χ1n) is 6.29. The maximum Gasteiger partial charge on any atom is 0.252 e. The van der Waals surface area contributed by atoms with E-state index in [1.54, 1.807) is 0 Å². The maximum atomic E-state index is 11.8. The monoisotopic (exact) mass is 259 g/mol. The van der Waals surface area contributed by atoms with E-state index in [2.05, 4.69) is 15.6 Å². The van der Waals surface area contributed by atoms with Crippen molar-refractivity contribution in [3.63, 3.8) is 0 Å². The molecular formula is C14H17N3O2. The number of likely N-dealkylation sites (N-methyl/N-ethyl adjacent to an activating group) is 1. The molecule has 0 aliphatic carbocycles. The highest BCUT2D eigenvalue weighted by molar-refractivity contribution is 5.79. The standard InChI is InChI=1S/C14H17N3O2/c1-2-16-13(18)9-15-8-11-7-10-5-3-4-6-12(10)17-14(11)19/h3-7,15H,2,8-9H2,1H3,(H,16,18)(H,17,19). The van der Waals surface area contributed by atoms with Gasteiger partial charge in [-0.1, -0.05) is 18.2 Å². The van der Waals surface area contributed by atoms with Crippen LogP contribution in [0.25, 0.3) is 10.9 Å². The summed E-state index contributed by atoms with van der Waals surface area (Å²) in [6.45, 7) is 3.06. The topological polar surface area (TPSA) is 74.0 Å². The van der Waals surface area contributed by atoms with Crippen molar-refractivity contribution in [3.05, 3.63) is 46.2 Å². The molecule has 0 unspecified atom stereocenters. The molecule has 0 spiro atoms. The van der Waals surface area contributed by atoms with Crippen LogP contribution in [0.3, 0.4) is 0 Å². The first-order chi connectivity index (χ1) is 9.20. The van der Waals surface area contributed by atoms with Gasteiger partial charge in [0.1, 0.15) is 0 Å². The van der Waals surface area contributed by atoms with Gasteiger partial charge in [0.15, 0.2) is 0 Å². The van der Waals surface area contributed by atoms with Crippen molar-refractivity contribution in [1.82, 2.24) is 15.6 Å². The Morgan fingerprint density at radius 2 is 2.11 bits per heavy atom. The average Bonchev–Trinajstić information content (AvgIpc) is 2.39. The van der Waals surface area contributed by atoms with Gasteiger partial charge in [-0.25, -0.2) is 0 Å². The number of carbonyl (C=O) groups is 1. The van der Waals surface area contributed by atoms with E-state index in [1.807, 2.05) is 37.3 Å². The molecule has 1 aromatic heterocycles. The average molecular weight is 259 g/mol. The van der Waals surface area contributed by atoms with Crippen molar-refractivity contribution >= 4 is 16.8 Å². The van der Waals surface area contributed by atoms with Crippen LogP contribution in [0.1, 0.15) is 12.5 Å². The molecule has 5 heteroatoms. The second kappa shape index (κ2) is 6.15. The first kappa shape index (κ1) is 13.3. The molecule has 0 saturated carbocycles. The predicted octanol–water partition coefficient (Wildman–Crippen LogP) is 0.754. The normalized spacial score (nSPS) is 10.6. The van der Waals surface area contributed by atoms with E-state index in [0.717, 1.165) is 10.9 Å². The molecule has 0 aliphatic heterocycles. The molecule has 3 N–H and O–H groups in total. The number of benzene rings is 1. The highest BCUT2D eigenvalue weighted by Crippen LogP contribution is 2.09. The number of aromatic amines is 1. The van der Waals surface area contributed by atoms with Crippen LogP contribution in [0.15, 0.2) is 35.1 Å². The van der Waals surface area contributed by atoms with E-state index >= 15 is 0 Å². The summed E-state index contributed by atoms with van der Waals surface area (Å²) >= 11 is 0. The molecule has 2 aromatic rings. The fraction of sp³-hybridized carbons (Fsp3) is 0.286. The maximum absolute atomic E-state index is 11.8. The fourth-order valence-electron chi connectivity index (χ4n) is 1.89. The second-order valence-corrected chi connectivity index (χ2v) is 4.27. The van der Waals surface area contributed by atoms with E-state index in [1.165, 1.54) is 0 Å². The van der Waals surface area contributed by atoms with E-state index in [0.29, 0.717) is 18.7 Å². The van der Waals surface area contributed by atoms with Gasteiger partial charge in [-0.15, -0.1) is 0 Å². The molecule has 1 amide bonds. The molecule has 0 atom stereocenters. The number of fused-ring (bicyclic) bond motifs is 1. The summed E-state index contributed by atoms with van der Waals surface area (Å²) in [5.41, 5.74) is 1.32. The van der Waals surface area contributed by atoms with Crippen LogP contribution in [-0.2, 0) is 11.3 Å². The van der Waals surface area contributed by atoms with Crippen molar-refractivity contribution in [1.29, 1.82) is 0 Å². The van der Waals surface area contributed by atoms with E-state index in [4.69, 9.17) is 0 Å². The quantitative estimate of drug-likeness (QED) is 0.742. The third-order valence-corrected chi connectivity index (χ3v) is 2.81. The van der Waals surface area contributed by atoms with Gasteiger partial charge in [0, 0.05) is 24.2 Å². The Bertz CT molecular complexity index is 634. The summed E-state index contributed by atoms with van der Waals surface area (Å²) in [4.78, 5) is 25.9. The molecule has 5 nitrogen and oxygen atoms in total. The lowest BCUT2D eigenvalue weighted by Crippen LogP contribution is -2.34. The zero-order valence-corrected chi connectivity index (χ0v) is 10.8. The lowest BCUT2D eigenvalue weighted by atomic mass is 10.1. The minimum Gasteiger partial charge on any atom is -0.355 e. The highest BCUT2D eigenvalue weighted by atomic mass is 16.2. The summed E-state index contributed by atoms with van der Waals surface area (Å²) in [5, 5.41) is 6.63. The number of aromatic nitrogens is 1. The minimum atomic E-state index is -0.123. The first-order valence-corrected chi connectivity index (χ1v) is 6.29. The minimum absolute atomic E-state index is 0.0697. The van der Waals surface area contributed by atoms with Crippen molar-refractivity contribution in [2.75, 3.05) is 13.1 Å². The number of amides is 1. The Morgan fingerprint density at radius 3 is 2.89 bits per heavy atom. The Hall–Kier alpha value is -2.14. The molecule has 0 aliphatic rings. The molecular weight excluding hydrogens is 242 g/mol. The van der Waals surface area contributed by atoms with Crippen LogP contribution in [0.4, 0.5) is 0 Å². The van der Waals surface area contributed by atoms with Crippen molar-refractivity contribution in [3.8, 4) is 0 Å². The number of hydrogen-bond acceptors (Lipinski definition) is 3. The molecule has 19 heavy (non-hydrogen) atoms. The number of carbonyl (C=O) groups excluding carboxylic acids is 1. The number of rotatable bonds is 5. The van der Waals surface area contributed by atoms with E-state index in [9.17, 15) is 9.59 Å². The van der Waals surface area contributed by atoms with Gasteiger partial charge in [-0.2, -0.15) is 0 Å². The van der Waals surface area contributed by atoms with Crippen LogP contribution in [0, 0.1) is 0 Å². The van der Waals surface area contributed by atoms with Crippen molar-refractivity contribution in [2.24, 2.45) is 0 Å². The molecule has 0 radical (unpaired) electrons. The van der Waals surface area contributed by atoms with Crippen LogP contribution in [0.5, 0.6) is 0 Å². The van der Waals surface area contributed by atoms with Gasteiger partial charge in [0.25, 0.3) is 5.56 Å². The van der Waals surface area contributed by atoms with Crippen LogP contribution < -0.4 is 16.2 Å². The van der Waals surface area contributed by atoms with Crippen molar-refractivity contribution < 1.29 is 4.79 Å². The summed E-state index contributed by atoms with van der Waals surface area (Å²) in [6, 6.07) is 9.46. The van der Waals surface area contributed by atoms with Gasteiger partial charge in [-0.3, -0.25) is 9.59 Å². The Kier molecular flexibility index (Phi) is 4.30. The van der Waals surface area contributed by atoms with Gasteiger partial charge in [-0.05, 0) is 24.4 Å². The largest absolute Gasteiger partial charge is 0.355 e. The molecule has 0 bridgehead atoms. The van der Waals surface area contributed by atoms with Gasteiger partial charge in [0.05, 0.1) is 6.54 Å². The van der Waals surface area contributed by atoms with E-state index in [-0.39, 0.29) is 18.0 Å². The zero-order chi connectivity index (χ0) is 13.7. The summed E-state index contributed by atoms with van der Waals surface area (Å²) in [6.07, 6.45) is 0. The lowest BCUT2D eigenvalue weighted by Gasteiger charge is -2.05. The number of para-hydroxylation sites is 1. The number of H-pyrrole nitrogens is 1. The molecule has 2 rings (SSSR count). The summed E-state index contributed by atoms with van der Waals surface area (Å²) in [5.74, 6) is -0.0697. The lowest BCUT2D eigenvalue weighted by molar-refractivity contribution is -0.120. The molecule has 0 saturated heterocycles. The van der Waals surface area contributed by atoms with Gasteiger partial charge < -0.3 is 15.6 Å². The number of hydrogen-bond donors (Lipinski definition) is 3. The van der Waals surface area contributed by atoms with Crippen LogP contribution in [0.2, 0.25) is 0 Å². The smallest absolute Gasteiger partial charge is 0.252 e. The van der Waals surface area contributed by atoms with Crippen LogP contribution >= 0.6 is 0 Å². The Labute approximate surface area is 111 Å². The number of pyridine rings is 1. The molecule has 0 fully saturated rings. The molecule has 100 valence electrons. The molecule has 1 aromatic carbocycles. The van der Waals surface area contributed by atoms with Gasteiger partial charge >= 0.3 is 0 Å². The third kappa shape index (κ3) is 3.42. The third-order valence-electron chi connectivity index (χ3n) is 2.81.